The number of anilines is 1. The number of esters is 1. The second-order valence-electron chi connectivity index (χ2n) is 7.96. The summed E-state index contributed by atoms with van der Waals surface area (Å²) in [7, 11) is 1.29. The number of ether oxygens (including phenoxy) is 1. The summed E-state index contributed by atoms with van der Waals surface area (Å²) >= 11 is 0. The molecule has 0 spiro atoms. The summed E-state index contributed by atoms with van der Waals surface area (Å²) in [5.74, 6) is -1.27. The third-order valence-electron chi connectivity index (χ3n) is 3.77. The minimum atomic E-state index is -1.15. The van der Waals surface area contributed by atoms with Crippen molar-refractivity contribution < 1.29 is 19.4 Å². The van der Waals surface area contributed by atoms with Crippen molar-refractivity contribution in [2.24, 2.45) is 16.7 Å². The molecule has 0 aliphatic carbocycles. The van der Waals surface area contributed by atoms with E-state index in [0.717, 1.165) is 0 Å². The van der Waals surface area contributed by atoms with Crippen LogP contribution in [0.15, 0.2) is 18.3 Å². The molecule has 134 valence electrons. The fourth-order valence-corrected chi connectivity index (χ4v) is 2.32. The standard InChI is InChI=1S/C18H28N2O4/c1-17(2,3)12(15(22)24-7)13(21)11-9-8-10-19-14(11)20-16(23)18(4,5)6/h8-10,12-13,21H,1-7H3,(H,19,20,23)/t12-,13-/m1/s1. The lowest BCUT2D eigenvalue weighted by Gasteiger charge is -2.33. The minimum absolute atomic E-state index is 0.222. The number of hydrogen-bond acceptors (Lipinski definition) is 5. The van der Waals surface area contributed by atoms with Crippen LogP contribution in [0.25, 0.3) is 0 Å². The van der Waals surface area contributed by atoms with Gasteiger partial charge in [-0.15, -0.1) is 0 Å². The molecule has 2 atom stereocenters. The van der Waals surface area contributed by atoms with Gasteiger partial charge in [-0.3, -0.25) is 9.59 Å². The first-order chi connectivity index (χ1) is 10.9. The Morgan fingerprint density at radius 1 is 1.21 bits per heavy atom. The maximum Gasteiger partial charge on any atom is 0.312 e. The molecule has 1 amide bonds. The van der Waals surface area contributed by atoms with Gasteiger partial charge in [0.15, 0.2) is 0 Å². The Balaban J connectivity index is 3.25. The molecule has 1 heterocycles. The van der Waals surface area contributed by atoms with Crippen LogP contribution in [0.1, 0.15) is 53.2 Å². The molecule has 0 unspecified atom stereocenters. The zero-order chi connectivity index (χ0) is 18.7. The average Bonchev–Trinajstić information content (AvgIpc) is 2.45. The first-order valence-corrected chi connectivity index (χ1v) is 7.92. The van der Waals surface area contributed by atoms with Gasteiger partial charge >= 0.3 is 5.97 Å². The van der Waals surface area contributed by atoms with Crippen LogP contribution in [-0.2, 0) is 14.3 Å². The Kier molecular flexibility index (Phi) is 6.11. The Morgan fingerprint density at radius 2 is 1.79 bits per heavy atom. The number of nitrogens with one attached hydrogen (secondary N) is 1. The van der Waals surface area contributed by atoms with Gasteiger partial charge < -0.3 is 15.2 Å². The summed E-state index contributed by atoms with van der Waals surface area (Å²) < 4.78 is 4.85. The molecule has 0 fully saturated rings. The summed E-state index contributed by atoms with van der Waals surface area (Å²) in [5.41, 5.74) is -0.750. The fourth-order valence-electron chi connectivity index (χ4n) is 2.32. The number of methoxy groups -OCH3 is 1. The van der Waals surface area contributed by atoms with E-state index in [4.69, 9.17) is 4.74 Å². The second kappa shape index (κ2) is 7.30. The normalized spacial score (nSPS) is 14.7. The van der Waals surface area contributed by atoms with E-state index < -0.39 is 28.8 Å². The molecule has 0 aliphatic heterocycles. The van der Waals surface area contributed by atoms with Crippen molar-refractivity contribution >= 4 is 17.7 Å². The number of aromatic nitrogens is 1. The smallest absolute Gasteiger partial charge is 0.312 e. The van der Waals surface area contributed by atoms with E-state index in [2.05, 4.69) is 10.3 Å². The van der Waals surface area contributed by atoms with Gasteiger partial charge in [-0.1, -0.05) is 47.6 Å². The Hall–Kier alpha value is -1.95. The Bertz CT molecular complexity index is 600. The number of pyridine rings is 1. The van der Waals surface area contributed by atoms with Gasteiger partial charge in [-0.05, 0) is 11.5 Å². The van der Waals surface area contributed by atoms with Crippen molar-refractivity contribution in [3.63, 3.8) is 0 Å². The van der Waals surface area contributed by atoms with Crippen LogP contribution in [0.3, 0.4) is 0 Å². The topological polar surface area (TPSA) is 88.5 Å². The summed E-state index contributed by atoms with van der Waals surface area (Å²) in [6.07, 6.45) is 0.375. The zero-order valence-corrected chi connectivity index (χ0v) is 15.5. The highest BCUT2D eigenvalue weighted by molar-refractivity contribution is 5.94. The molecule has 6 heteroatoms. The monoisotopic (exact) mass is 336 g/mol. The molecule has 0 saturated carbocycles. The van der Waals surface area contributed by atoms with E-state index in [-0.39, 0.29) is 11.7 Å². The van der Waals surface area contributed by atoms with Crippen molar-refractivity contribution in [2.75, 3.05) is 12.4 Å². The van der Waals surface area contributed by atoms with Crippen LogP contribution in [0, 0.1) is 16.7 Å². The van der Waals surface area contributed by atoms with Crippen molar-refractivity contribution in [3.8, 4) is 0 Å². The minimum Gasteiger partial charge on any atom is -0.469 e. The number of nitrogens with zero attached hydrogens (tertiary/aromatic N) is 1. The van der Waals surface area contributed by atoms with Gasteiger partial charge in [0.25, 0.3) is 0 Å². The third-order valence-corrected chi connectivity index (χ3v) is 3.77. The highest BCUT2D eigenvalue weighted by Gasteiger charge is 2.40. The predicted molar refractivity (Wildman–Crippen MR) is 92.2 cm³/mol. The number of aliphatic hydroxyl groups excluding tert-OH is 1. The number of carbonyl (C=O) groups is 2. The van der Waals surface area contributed by atoms with Crippen molar-refractivity contribution in [3.05, 3.63) is 23.9 Å². The summed E-state index contributed by atoms with van der Waals surface area (Å²) in [5, 5.41) is 13.6. The van der Waals surface area contributed by atoms with Gasteiger partial charge in [-0.2, -0.15) is 0 Å². The third kappa shape index (κ3) is 4.77. The largest absolute Gasteiger partial charge is 0.469 e. The molecule has 0 radical (unpaired) electrons. The highest BCUT2D eigenvalue weighted by atomic mass is 16.5. The first-order valence-electron chi connectivity index (χ1n) is 7.92. The molecule has 0 aliphatic rings. The van der Waals surface area contributed by atoms with E-state index in [0.29, 0.717) is 5.56 Å². The quantitative estimate of drug-likeness (QED) is 0.825. The summed E-state index contributed by atoms with van der Waals surface area (Å²) in [4.78, 5) is 28.6. The van der Waals surface area contributed by atoms with E-state index in [1.807, 2.05) is 20.8 Å². The molecule has 24 heavy (non-hydrogen) atoms. The van der Waals surface area contributed by atoms with Crippen molar-refractivity contribution in [1.82, 2.24) is 4.98 Å². The van der Waals surface area contributed by atoms with Crippen LogP contribution in [0.2, 0.25) is 0 Å². The van der Waals surface area contributed by atoms with Gasteiger partial charge in [0, 0.05) is 17.2 Å². The van der Waals surface area contributed by atoms with E-state index in [1.54, 1.807) is 32.9 Å². The number of hydrogen-bond donors (Lipinski definition) is 2. The molecular formula is C18H28N2O4. The summed E-state index contributed by atoms with van der Waals surface area (Å²) in [6, 6.07) is 3.31. The van der Waals surface area contributed by atoms with Gasteiger partial charge in [-0.25, -0.2) is 4.98 Å². The molecule has 0 saturated heterocycles. The number of amides is 1. The van der Waals surface area contributed by atoms with Crippen LogP contribution in [-0.4, -0.2) is 29.1 Å². The van der Waals surface area contributed by atoms with Gasteiger partial charge in [0.2, 0.25) is 5.91 Å². The molecule has 2 N–H and O–H groups in total. The van der Waals surface area contributed by atoms with Crippen LogP contribution >= 0.6 is 0 Å². The zero-order valence-electron chi connectivity index (χ0n) is 15.5. The molecule has 0 bridgehead atoms. The highest BCUT2D eigenvalue weighted by Crippen LogP contribution is 2.39. The molecular weight excluding hydrogens is 308 g/mol. The van der Waals surface area contributed by atoms with E-state index in [1.165, 1.54) is 13.3 Å². The first kappa shape index (κ1) is 20.1. The molecule has 6 nitrogen and oxygen atoms in total. The van der Waals surface area contributed by atoms with E-state index in [9.17, 15) is 14.7 Å². The van der Waals surface area contributed by atoms with E-state index >= 15 is 0 Å². The number of carbonyl (C=O) groups excluding carboxylic acids is 2. The van der Waals surface area contributed by atoms with Crippen molar-refractivity contribution in [2.45, 2.75) is 47.6 Å². The Morgan fingerprint density at radius 3 is 2.25 bits per heavy atom. The molecule has 1 rings (SSSR count). The maximum absolute atomic E-state index is 12.2. The lowest BCUT2D eigenvalue weighted by molar-refractivity contribution is -0.155. The molecule has 1 aromatic rings. The predicted octanol–water partition coefficient (Wildman–Crippen LogP) is 2.93. The average molecular weight is 336 g/mol. The van der Waals surface area contributed by atoms with Crippen molar-refractivity contribution in [1.29, 1.82) is 0 Å². The van der Waals surface area contributed by atoms with Crippen LogP contribution in [0.5, 0.6) is 0 Å². The lowest BCUT2D eigenvalue weighted by atomic mass is 9.75. The SMILES string of the molecule is COC(=O)[C@@H]([C@H](O)c1cccnc1NC(=O)C(C)(C)C)C(C)(C)C. The van der Waals surface area contributed by atoms with Gasteiger partial charge in [0.1, 0.15) is 5.82 Å². The number of rotatable bonds is 4. The maximum atomic E-state index is 12.2. The molecule has 1 aromatic heterocycles. The number of aliphatic hydroxyl groups is 1. The summed E-state index contributed by atoms with van der Waals surface area (Å²) in [6.45, 7) is 10.9. The fraction of sp³-hybridized carbons (Fsp3) is 0.611. The molecule has 0 aromatic carbocycles. The second-order valence-corrected chi connectivity index (χ2v) is 7.96. The van der Waals surface area contributed by atoms with Gasteiger partial charge in [0.05, 0.1) is 19.1 Å². The Labute approximate surface area is 143 Å². The lowest BCUT2D eigenvalue weighted by Crippen LogP contribution is -2.36. The van der Waals surface area contributed by atoms with Crippen LogP contribution < -0.4 is 5.32 Å². The van der Waals surface area contributed by atoms with Crippen LogP contribution in [0.4, 0.5) is 5.82 Å².